The Labute approximate surface area is 165 Å². The number of Topliss-reactive ketones (excluding diaryl/α,β-unsaturated/α-hetero) is 2. The van der Waals surface area contributed by atoms with Crippen LogP contribution < -0.4 is 0 Å². The zero-order chi connectivity index (χ0) is 26.1. The Morgan fingerprint density at radius 3 is 2.81 bits per heavy atom. The zero-order valence-corrected chi connectivity index (χ0v) is 14.8. The maximum Gasteiger partial charge on any atom is 0.190 e. The molecule has 0 heterocycles. The summed E-state index contributed by atoms with van der Waals surface area (Å²) in [5.74, 6) is -7.52. The third kappa shape index (κ3) is 2.07. The Morgan fingerprint density at radius 1 is 1.38 bits per heavy atom. The number of ketones is 3. The molecule has 142 valence electrons. The third-order valence-corrected chi connectivity index (χ3v) is 7.23. The van der Waals surface area contributed by atoms with Gasteiger partial charge in [-0.15, -0.1) is 0 Å². The van der Waals surface area contributed by atoms with Gasteiger partial charge in [-0.3, -0.25) is 14.4 Å². The van der Waals surface area contributed by atoms with E-state index >= 15 is 0 Å². The van der Waals surface area contributed by atoms with Crippen molar-refractivity contribution in [2.24, 2.45) is 28.6 Å². The Kier molecular flexibility index (Phi) is 2.33. The van der Waals surface area contributed by atoms with Gasteiger partial charge in [0, 0.05) is 31.0 Å². The molecule has 0 saturated heterocycles. The number of fused-ring (bicyclic) bond motifs is 5. The van der Waals surface area contributed by atoms with E-state index in [1.54, 1.807) is 0 Å². The molecule has 0 spiro atoms. The van der Waals surface area contributed by atoms with Crippen molar-refractivity contribution in [3.8, 4) is 0 Å². The van der Waals surface area contributed by atoms with E-state index in [0.717, 1.165) is 0 Å². The quantitative estimate of drug-likeness (QED) is 0.778. The molecule has 4 rings (SSSR count). The van der Waals surface area contributed by atoms with E-state index in [0.29, 0.717) is 0 Å². The van der Waals surface area contributed by atoms with Crippen LogP contribution in [0.2, 0.25) is 0 Å². The molecule has 0 aromatic rings. The normalized spacial score (nSPS) is 59.8. The summed E-state index contributed by atoms with van der Waals surface area (Å²) in [5, 5.41) is 21.0. The fraction of sp³-hybridized carbons (Fsp3) is 0.762. The van der Waals surface area contributed by atoms with Crippen molar-refractivity contribution in [1.29, 1.82) is 0 Å². The molecule has 0 aromatic carbocycles. The minimum atomic E-state index is -3.37. The van der Waals surface area contributed by atoms with Crippen molar-refractivity contribution in [1.82, 2.24) is 0 Å². The van der Waals surface area contributed by atoms with E-state index in [1.165, 1.54) is 13.8 Å². The predicted molar refractivity (Wildman–Crippen MR) is 94.1 cm³/mol. The molecule has 4 aliphatic carbocycles. The van der Waals surface area contributed by atoms with Gasteiger partial charge in [0.15, 0.2) is 11.6 Å². The number of carbonyl (C=O) groups is 3. The van der Waals surface area contributed by atoms with E-state index in [4.69, 9.17) is 9.60 Å². The lowest BCUT2D eigenvalue weighted by molar-refractivity contribution is -0.170. The first-order valence-corrected chi connectivity index (χ1v) is 8.91. The van der Waals surface area contributed by atoms with Crippen LogP contribution in [-0.4, -0.2) is 39.7 Å². The second-order valence-electron chi connectivity index (χ2n) is 8.38. The predicted octanol–water partition coefficient (Wildman–Crippen LogP) is 1.99. The van der Waals surface area contributed by atoms with Crippen LogP contribution in [-0.2, 0) is 14.4 Å². The molecule has 2 N–H and O–H groups in total. The summed E-state index contributed by atoms with van der Waals surface area (Å²) in [6.45, 7) is -0.611. The smallest absolute Gasteiger partial charge is 0.190 e. The van der Waals surface area contributed by atoms with Crippen molar-refractivity contribution < 1.29 is 35.6 Å². The van der Waals surface area contributed by atoms with Crippen LogP contribution in [0.25, 0.3) is 0 Å². The summed E-state index contributed by atoms with van der Waals surface area (Å²) in [4.78, 5) is 39.0. The number of allylic oxidation sites excluding steroid dienone is 1. The van der Waals surface area contributed by atoms with Gasteiger partial charge in [-0.2, -0.15) is 0 Å². The molecule has 5 heteroatoms. The molecule has 3 fully saturated rings. The van der Waals surface area contributed by atoms with E-state index in [2.05, 4.69) is 0 Å². The van der Waals surface area contributed by atoms with Gasteiger partial charge in [-0.1, -0.05) is 19.4 Å². The van der Waals surface area contributed by atoms with Crippen LogP contribution in [0.5, 0.6) is 0 Å². The molecule has 3 saturated carbocycles. The SMILES string of the molecule is [2H]C1=C2C([2H])([2H])C[C@H]3[C@@H]4CC[C@](O)(C(=O)C([2H])([2H])O)[C@@]4(C)CC(=O)[C@]3([2H])[C@@]2(C)CC([2H])([2H])C1=O. The molecule has 0 radical (unpaired) electrons. The molecule has 26 heavy (non-hydrogen) atoms. The monoisotopic (exact) mass is 368 g/mol. The largest absolute Gasteiger partial charge is 0.388 e. The first-order chi connectivity index (χ1) is 15.1. The van der Waals surface area contributed by atoms with Crippen molar-refractivity contribution in [3.05, 3.63) is 11.6 Å². The second kappa shape index (κ2) is 5.59. The highest BCUT2D eigenvalue weighted by Crippen LogP contribution is 2.66. The van der Waals surface area contributed by atoms with Crippen LogP contribution >= 0.6 is 0 Å². The standard InChI is InChI=1S/C21H28O5/c1-19-7-5-13(23)9-12(19)3-4-14-15-6-8-21(26,17(25)11-22)20(15,2)10-16(24)18(14)19/h9,14-15,18,22,26H,3-8,10-11H2,1-2H3/t14-,15-,18+,19-,20-,21-/m0/s1/i3D2,5D2,9D,11D2,18D. The van der Waals surface area contributed by atoms with Crippen molar-refractivity contribution in [2.45, 2.75) is 64.3 Å². The fourth-order valence-corrected chi connectivity index (χ4v) is 5.78. The number of rotatable bonds is 2. The van der Waals surface area contributed by atoms with Crippen molar-refractivity contribution in [3.63, 3.8) is 0 Å². The van der Waals surface area contributed by atoms with Crippen LogP contribution in [0.4, 0.5) is 0 Å². The molecule has 5 nitrogen and oxygen atoms in total. The van der Waals surface area contributed by atoms with Gasteiger partial charge in [-0.25, -0.2) is 0 Å². The zero-order valence-electron chi connectivity index (χ0n) is 22.8. The highest BCUT2D eigenvalue weighted by Gasteiger charge is 2.68. The first kappa shape index (κ1) is 10.9. The molecule has 0 amide bonds. The fourth-order valence-electron chi connectivity index (χ4n) is 5.78. The Bertz CT molecular complexity index is 1050. The van der Waals surface area contributed by atoms with Crippen LogP contribution in [0.1, 0.15) is 69.7 Å². The number of aliphatic hydroxyl groups is 2. The maximum absolute atomic E-state index is 13.7. The third-order valence-electron chi connectivity index (χ3n) is 7.23. The molecule has 0 bridgehead atoms. The van der Waals surface area contributed by atoms with E-state index in [9.17, 15) is 26.0 Å². The van der Waals surface area contributed by atoms with Crippen LogP contribution in [0.15, 0.2) is 11.6 Å². The summed E-state index contributed by atoms with van der Waals surface area (Å²) >= 11 is 0. The van der Waals surface area contributed by atoms with E-state index < -0.39 is 96.1 Å². The lowest BCUT2D eigenvalue weighted by Gasteiger charge is -2.57. The maximum atomic E-state index is 13.7. The van der Waals surface area contributed by atoms with Gasteiger partial charge < -0.3 is 10.2 Å². The summed E-state index contributed by atoms with van der Waals surface area (Å²) in [6.07, 6.45) is -6.82. The van der Waals surface area contributed by atoms with Gasteiger partial charge in [0.1, 0.15) is 17.9 Å². The Morgan fingerprint density at radius 2 is 2.12 bits per heavy atom. The highest BCUT2D eigenvalue weighted by atomic mass is 16.3. The minimum Gasteiger partial charge on any atom is -0.388 e. The average molecular weight is 368 g/mol. The number of hydrogen-bond acceptors (Lipinski definition) is 5. The second-order valence-corrected chi connectivity index (χ2v) is 8.38. The van der Waals surface area contributed by atoms with Crippen LogP contribution in [0.3, 0.4) is 0 Å². The molecule has 4 aliphatic rings. The van der Waals surface area contributed by atoms with Gasteiger partial charge in [0.2, 0.25) is 0 Å². The van der Waals surface area contributed by atoms with Gasteiger partial charge in [0.05, 0.1) is 4.11 Å². The van der Waals surface area contributed by atoms with Crippen LogP contribution in [0, 0.1) is 28.6 Å². The van der Waals surface area contributed by atoms with Crippen molar-refractivity contribution >= 4 is 17.3 Å². The molecule has 0 aliphatic heterocycles. The summed E-state index contributed by atoms with van der Waals surface area (Å²) in [5.41, 5.74) is -6.20. The number of hydrogen-bond donors (Lipinski definition) is 2. The first-order valence-electron chi connectivity index (χ1n) is 12.9. The van der Waals surface area contributed by atoms with Gasteiger partial charge in [-0.05, 0) is 55.4 Å². The lowest BCUT2D eigenvalue weighted by Crippen LogP contribution is -2.60. The molecule has 0 unspecified atom stereocenters. The minimum absolute atomic E-state index is 0.0537. The molecular formula is C21H28O5. The average Bonchev–Trinajstić information content (AvgIpc) is 2.92. The molecular weight excluding hydrogens is 332 g/mol. The number of carbonyl (C=O) groups excluding carboxylic acids is 3. The van der Waals surface area contributed by atoms with E-state index in [-0.39, 0.29) is 18.4 Å². The van der Waals surface area contributed by atoms with Gasteiger partial charge in [0.25, 0.3) is 0 Å². The Balaban J connectivity index is 1.93. The summed E-state index contributed by atoms with van der Waals surface area (Å²) < 4.78 is 66.2. The topological polar surface area (TPSA) is 91.7 Å². The molecule has 0 aromatic heterocycles. The Hall–Kier alpha value is -1.33. The summed E-state index contributed by atoms with van der Waals surface area (Å²) in [6, 6.07) is -0.860. The van der Waals surface area contributed by atoms with Gasteiger partial charge >= 0.3 is 0 Å². The van der Waals surface area contributed by atoms with Crippen molar-refractivity contribution in [2.75, 3.05) is 6.56 Å². The lowest BCUT2D eigenvalue weighted by atomic mass is 9.46. The van der Waals surface area contributed by atoms with E-state index in [1.807, 2.05) is 0 Å². The molecule has 6 atom stereocenters. The highest BCUT2D eigenvalue weighted by molar-refractivity contribution is 5.94. The summed E-state index contributed by atoms with van der Waals surface area (Å²) in [7, 11) is 0.